The van der Waals surface area contributed by atoms with Gasteiger partial charge in [-0.15, -0.1) is 0 Å². The average Bonchev–Trinajstić information content (AvgIpc) is 3.39. The molecular formula is C35H36N6O. The molecule has 7 nitrogen and oxygen atoms in total. The van der Waals surface area contributed by atoms with Crippen molar-refractivity contribution in [2.45, 2.75) is 38.4 Å². The fourth-order valence-electron chi connectivity index (χ4n) is 6.36. The number of anilines is 2. The molecule has 0 aliphatic carbocycles. The molecule has 212 valence electrons. The molecule has 1 unspecified atom stereocenters. The van der Waals surface area contributed by atoms with Gasteiger partial charge in [0.2, 0.25) is 0 Å². The Morgan fingerprint density at radius 3 is 2.38 bits per heavy atom. The summed E-state index contributed by atoms with van der Waals surface area (Å²) in [5.41, 5.74) is 7.30. The zero-order chi connectivity index (χ0) is 28.3. The first-order valence-electron chi connectivity index (χ1n) is 15.1. The molecule has 1 N–H and O–H groups in total. The second-order valence-corrected chi connectivity index (χ2v) is 11.4. The second kappa shape index (κ2) is 11.8. The summed E-state index contributed by atoms with van der Waals surface area (Å²) >= 11 is 0. The lowest BCUT2D eigenvalue weighted by molar-refractivity contribution is 0.227. The number of hydrogen-bond acceptors (Lipinski definition) is 6. The smallest absolute Gasteiger partial charge is 0.348 e. The van der Waals surface area contributed by atoms with Crippen molar-refractivity contribution in [1.29, 1.82) is 0 Å². The molecule has 3 aromatic carbocycles. The van der Waals surface area contributed by atoms with E-state index in [1.807, 2.05) is 67.1 Å². The third-order valence-corrected chi connectivity index (χ3v) is 8.57. The Balaban J connectivity index is 1.20. The zero-order valence-electron chi connectivity index (χ0n) is 23.8. The first kappa shape index (κ1) is 26.4. The Morgan fingerprint density at radius 2 is 1.60 bits per heavy atom. The minimum absolute atomic E-state index is 0.00724. The van der Waals surface area contributed by atoms with Crippen LogP contribution in [0.4, 0.5) is 11.4 Å². The monoisotopic (exact) mass is 556 g/mol. The van der Waals surface area contributed by atoms with E-state index in [-0.39, 0.29) is 11.9 Å². The molecular weight excluding hydrogens is 520 g/mol. The Hall–Kier alpha value is -4.49. The van der Waals surface area contributed by atoms with E-state index in [0.29, 0.717) is 6.54 Å². The molecule has 0 saturated carbocycles. The lowest BCUT2D eigenvalue weighted by Crippen LogP contribution is -2.34. The number of likely N-dealkylation sites (tertiary alicyclic amines) is 1. The normalized spacial score (nSPS) is 16.9. The second-order valence-electron chi connectivity index (χ2n) is 11.4. The van der Waals surface area contributed by atoms with E-state index in [2.05, 4.69) is 55.4 Å². The van der Waals surface area contributed by atoms with Crippen LogP contribution in [0.1, 0.15) is 43.0 Å². The van der Waals surface area contributed by atoms with Gasteiger partial charge in [-0.3, -0.25) is 9.55 Å². The van der Waals surface area contributed by atoms with E-state index in [1.54, 1.807) is 4.57 Å². The predicted octanol–water partition coefficient (Wildman–Crippen LogP) is 6.31. The van der Waals surface area contributed by atoms with Gasteiger partial charge in [0.05, 0.1) is 23.4 Å². The van der Waals surface area contributed by atoms with Gasteiger partial charge in [-0.25, -0.2) is 4.79 Å². The van der Waals surface area contributed by atoms with Crippen molar-refractivity contribution in [3.05, 3.63) is 119 Å². The summed E-state index contributed by atoms with van der Waals surface area (Å²) in [5.74, 6) is 0. The minimum Gasteiger partial charge on any atom is -0.360 e. The van der Waals surface area contributed by atoms with Gasteiger partial charge >= 0.3 is 5.69 Å². The molecule has 0 amide bonds. The van der Waals surface area contributed by atoms with Gasteiger partial charge in [0.1, 0.15) is 6.17 Å². The highest BCUT2D eigenvalue weighted by atomic mass is 16.1. The minimum atomic E-state index is -0.231. The highest BCUT2D eigenvalue weighted by molar-refractivity contribution is 5.92. The summed E-state index contributed by atoms with van der Waals surface area (Å²) < 4.78 is 1.71. The van der Waals surface area contributed by atoms with Crippen LogP contribution < -0.4 is 15.9 Å². The van der Waals surface area contributed by atoms with Gasteiger partial charge in [-0.1, -0.05) is 61.0 Å². The Labute approximate surface area is 246 Å². The van der Waals surface area contributed by atoms with Crippen LogP contribution in [0.3, 0.4) is 0 Å². The molecule has 42 heavy (non-hydrogen) atoms. The van der Waals surface area contributed by atoms with Crippen LogP contribution in [-0.2, 0) is 6.54 Å². The molecule has 1 fully saturated rings. The number of rotatable bonds is 8. The molecule has 2 aliphatic rings. The van der Waals surface area contributed by atoms with Gasteiger partial charge < -0.3 is 15.1 Å². The van der Waals surface area contributed by atoms with Gasteiger partial charge in [0.25, 0.3) is 0 Å². The Morgan fingerprint density at radius 1 is 0.833 bits per heavy atom. The van der Waals surface area contributed by atoms with Crippen molar-refractivity contribution < 1.29 is 0 Å². The lowest BCUT2D eigenvalue weighted by Gasteiger charge is -2.30. The highest BCUT2D eigenvalue weighted by Gasteiger charge is 2.30. The summed E-state index contributed by atoms with van der Waals surface area (Å²) in [6.07, 6.45) is 10.7. The molecule has 0 bridgehead atoms. The summed E-state index contributed by atoms with van der Waals surface area (Å²) in [6.45, 7) is 4.99. The first-order chi connectivity index (χ1) is 20.7. The van der Waals surface area contributed by atoms with Crippen LogP contribution in [0, 0.1) is 0 Å². The fraction of sp³-hybridized carbons (Fsp3) is 0.286. The molecule has 5 aromatic rings. The molecule has 0 spiro atoms. The molecule has 2 aromatic heterocycles. The molecule has 0 radical (unpaired) electrons. The summed E-state index contributed by atoms with van der Waals surface area (Å²) in [5, 5.41) is 4.74. The van der Waals surface area contributed by atoms with E-state index in [9.17, 15) is 4.79 Å². The number of nitrogens with one attached hydrogen (secondary N) is 1. The van der Waals surface area contributed by atoms with Crippen molar-refractivity contribution in [2.24, 2.45) is 0 Å². The lowest BCUT2D eigenvalue weighted by atomic mass is 10.0. The van der Waals surface area contributed by atoms with Crippen molar-refractivity contribution in [3.8, 4) is 11.1 Å². The number of pyridine rings is 1. The molecule has 7 rings (SSSR count). The molecule has 1 saturated heterocycles. The van der Waals surface area contributed by atoms with Gasteiger partial charge in [-0.05, 0) is 85.4 Å². The molecule has 7 heteroatoms. The quantitative estimate of drug-likeness (QED) is 0.242. The third-order valence-electron chi connectivity index (χ3n) is 8.57. The van der Waals surface area contributed by atoms with Crippen LogP contribution in [0.2, 0.25) is 0 Å². The van der Waals surface area contributed by atoms with Gasteiger partial charge in [-0.2, -0.15) is 4.98 Å². The van der Waals surface area contributed by atoms with Crippen LogP contribution in [0.5, 0.6) is 0 Å². The van der Waals surface area contributed by atoms with Gasteiger partial charge in [0.15, 0.2) is 0 Å². The van der Waals surface area contributed by atoms with Crippen LogP contribution in [0.15, 0.2) is 102 Å². The standard InChI is InChI=1S/C35H36N6O/c42-35-38-31-23-32-33(22-30(31)25-40(35)24-26-8-3-1-4-9-26)41(21-7-20-39-18-5-2-6-19-39)34(37-32)29-12-10-27(11-13-29)28-14-16-36-17-15-28/h1,3-4,8-17,22-23,25,34,37H,2,5-7,18-21,24H2. The first-order valence-corrected chi connectivity index (χ1v) is 15.1. The van der Waals surface area contributed by atoms with Crippen molar-refractivity contribution in [2.75, 3.05) is 36.4 Å². The Kier molecular flexibility index (Phi) is 7.41. The van der Waals surface area contributed by atoms with E-state index >= 15 is 0 Å². The number of fused-ring (bicyclic) bond motifs is 2. The number of hydrogen-bond donors (Lipinski definition) is 1. The Bertz CT molecular complexity index is 1710. The van der Waals surface area contributed by atoms with Crippen molar-refractivity contribution in [3.63, 3.8) is 0 Å². The van der Waals surface area contributed by atoms with E-state index < -0.39 is 0 Å². The van der Waals surface area contributed by atoms with Crippen LogP contribution >= 0.6 is 0 Å². The summed E-state index contributed by atoms with van der Waals surface area (Å²) in [7, 11) is 0. The van der Waals surface area contributed by atoms with Crippen LogP contribution in [-0.4, -0.2) is 45.6 Å². The fourth-order valence-corrected chi connectivity index (χ4v) is 6.36. The van der Waals surface area contributed by atoms with Crippen molar-refractivity contribution in [1.82, 2.24) is 19.4 Å². The molecule has 2 aliphatic heterocycles. The summed E-state index contributed by atoms with van der Waals surface area (Å²) in [4.78, 5) is 26.7. The SMILES string of the molecule is O=c1nc2cc3c(cc2cn1Cc1ccccc1)N(CCCN1CCCCC1)C(c1ccc(-c2ccncc2)cc1)N3. The number of nitrogens with zero attached hydrogens (tertiary/aromatic N) is 5. The molecule has 4 heterocycles. The molecule has 1 atom stereocenters. The van der Waals surface area contributed by atoms with Gasteiger partial charge in [0, 0.05) is 30.5 Å². The third kappa shape index (κ3) is 5.52. The summed E-state index contributed by atoms with van der Waals surface area (Å²) in [6, 6.07) is 27.2. The number of aromatic nitrogens is 3. The maximum absolute atomic E-state index is 12.9. The largest absolute Gasteiger partial charge is 0.360 e. The average molecular weight is 557 g/mol. The maximum atomic E-state index is 12.9. The number of piperidine rings is 1. The van der Waals surface area contributed by atoms with E-state index in [0.717, 1.165) is 52.9 Å². The highest BCUT2D eigenvalue weighted by Crippen LogP contribution is 2.43. The predicted molar refractivity (Wildman–Crippen MR) is 170 cm³/mol. The van der Waals surface area contributed by atoms with E-state index in [1.165, 1.54) is 43.5 Å². The van der Waals surface area contributed by atoms with Crippen molar-refractivity contribution >= 4 is 22.3 Å². The maximum Gasteiger partial charge on any atom is 0.348 e. The number of benzene rings is 3. The topological polar surface area (TPSA) is 66.3 Å². The van der Waals surface area contributed by atoms with Crippen LogP contribution in [0.25, 0.3) is 22.0 Å². The van der Waals surface area contributed by atoms with E-state index in [4.69, 9.17) is 0 Å². The zero-order valence-corrected chi connectivity index (χ0v) is 23.8.